The molecule has 6 heteroatoms. The van der Waals surface area contributed by atoms with E-state index < -0.39 is 5.56 Å². The number of nitrogens with one attached hydrogen (secondary N) is 2. The van der Waals surface area contributed by atoms with Gasteiger partial charge in [0.05, 0.1) is 11.9 Å². The summed E-state index contributed by atoms with van der Waals surface area (Å²) in [5, 5.41) is 24.6. The van der Waals surface area contributed by atoms with Crippen molar-refractivity contribution in [1.82, 2.24) is 10.3 Å². The number of fused-ring (bicyclic) bond motifs is 1. The van der Waals surface area contributed by atoms with Crippen LogP contribution in [0.25, 0.3) is 21.3 Å². The molecule has 1 aromatic carbocycles. The Labute approximate surface area is 142 Å². The quantitative estimate of drug-likeness (QED) is 0.628. The van der Waals surface area contributed by atoms with E-state index in [9.17, 15) is 9.90 Å². The number of hydrogen-bond acceptors (Lipinski definition) is 5. The van der Waals surface area contributed by atoms with Gasteiger partial charge in [-0.2, -0.15) is 5.26 Å². The van der Waals surface area contributed by atoms with E-state index in [-0.39, 0.29) is 11.3 Å². The lowest BCUT2D eigenvalue weighted by atomic mass is 10.0. The summed E-state index contributed by atoms with van der Waals surface area (Å²) in [7, 11) is 1.84. The molecular weight excluding hydrogens is 322 g/mol. The van der Waals surface area contributed by atoms with Crippen LogP contribution in [-0.4, -0.2) is 23.7 Å². The molecule has 118 valence electrons. The minimum absolute atomic E-state index is 0.267. The molecule has 5 nitrogen and oxygen atoms in total. The summed E-state index contributed by atoms with van der Waals surface area (Å²) >= 11 is 1.32. The third-order valence-electron chi connectivity index (χ3n) is 3.52. The number of aromatic amines is 1. The standard InChI is InChI=1S/C18H13N3O2S/c1-20-8-2-3-11-4-6-12(7-5-11)14-10-24-18-15(14)16(22)13(9-19)17(23)21-18/h4-7,10,20H,8H2,1H3,(H2,21,22,23). The predicted molar refractivity (Wildman–Crippen MR) is 95.1 cm³/mol. The van der Waals surface area contributed by atoms with Crippen molar-refractivity contribution in [3.05, 3.63) is 51.1 Å². The van der Waals surface area contributed by atoms with Crippen LogP contribution in [-0.2, 0) is 0 Å². The summed E-state index contributed by atoms with van der Waals surface area (Å²) < 4.78 is 0. The lowest BCUT2D eigenvalue weighted by Crippen LogP contribution is -2.09. The molecule has 0 fully saturated rings. The van der Waals surface area contributed by atoms with E-state index in [0.717, 1.165) is 16.7 Å². The summed E-state index contributed by atoms with van der Waals surface area (Å²) in [6.07, 6.45) is 0. The van der Waals surface area contributed by atoms with E-state index in [2.05, 4.69) is 22.1 Å². The second-order valence-corrected chi connectivity index (χ2v) is 5.93. The number of nitrogens with zero attached hydrogens (tertiary/aromatic N) is 1. The van der Waals surface area contributed by atoms with Crippen LogP contribution in [0.5, 0.6) is 5.75 Å². The molecule has 0 amide bonds. The van der Waals surface area contributed by atoms with Gasteiger partial charge in [-0.05, 0) is 24.7 Å². The number of H-pyrrole nitrogens is 1. The van der Waals surface area contributed by atoms with E-state index in [4.69, 9.17) is 5.26 Å². The van der Waals surface area contributed by atoms with Gasteiger partial charge in [-0.3, -0.25) is 4.79 Å². The van der Waals surface area contributed by atoms with Crippen molar-refractivity contribution in [3.63, 3.8) is 0 Å². The molecule has 3 rings (SSSR count). The van der Waals surface area contributed by atoms with Crippen LogP contribution >= 0.6 is 11.3 Å². The Balaban J connectivity index is 2.09. The highest BCUT2D eigenvalue weighted by Crippen LogP contribution is 2.38. The average molecular weight is 335 g/mol. The third kappa shape index (κ3) is 2.77. The van der Waals surface area contributed by atoms with Crippen LogP contribution in [0, 0.1) is 23.2 Å². The summed E-state index contributed by atoms with van der Waals surface area (Å²) in [4.78, 5) is 14.9. The first-order valence-electron chi connectivity index (χ1n) is 7.16. The molecular formula is C18H13N3O2S. The van der Waals surface area contributed by atoms with Gasteiger partial charge in [-0.15, -0.1) is 11.3 Å². The minimum atomic E-state index is -0.578. The van der Waals surface area contributed by atoms with Gasteiger partial charge in [0.15, 0.2) is 5.56 Å². The van der Waals surface area contributed by atoms with Crippen LogP contribution in [0.4, 0.5) is 0 Å². The monoisotopic (exact) mass is 335 g/mol. The fraction of sp³-hybridized carbons (Fsp3) is 0.111. The van der Waals surface area contributed by atoms with Crippen LogP contribution in [0.3, 0.4) is 0 Å². The van der Waals surface area contributed by atoms with Crippen LogP contribution in [0.2, 0.25) is 0 Å². The van der Waals surface area contributed by atoms with Crippen molar-refractivity contribution in [2.45, 2.75) is 0 Å². The van der Waals surface area contributed by atoms with Gasteiger partial charge in [-0.1, -0.05) is 24.0 Å². The molecule has 0 atom stereocenters. The van der Waals surface area contributed by atoms with Crippen molar-refractivity contribution in [2.75, 3.05) is 13.6 Å². The fourth-order valence-electron chi connectivity index (χ4n) is 2.37. The second-order valence-electron chi connectivity index (χ2n) is 5.05. The molecule has 0 aliphatic carbocycles. The smallest absolute Gasteiger partial charge is 0.270 e. The van der Waals surface area contributed by atoms with E-state index in [1.807, 2.05) is 36.7 Å². The number of rotatable bonds is 2. The van der Waals surface area contributed by atoms with E-state index in [1.165, 1.54) is 11.3 Å². The van der Waals surface area contributed by atoms with Gasteiger partial charge in [-0.25, -0.2) is 0 Å². The Morgan fingerprint density at radius 1 is 1.33 bits per heavy atom. The first kappa shape index (κ1) is 15.8. The van der Waals surface area contributed by atoms with Crippen LogP contribution < -0.4 is 10.9 Å². The molecule has 0 bridgehead atoms. The molecule has 2 aromatic heterocycles. The SMILES string of the molecule is CNCC#Cc1ccc(-c2csc3[nH]c(=O)c(C#N)c(O)c23)cc1. The number of hydrogen-bond donors (Lipinski definition) is 3. The molecule has 0 aliphatic heterocycles. The van der Waals surface area contributed by atoms with Gasteiger partial charge < -0.3 is 15.4 Å². The van der Waals surface area contributed by atoms with Crippen molar-refractivity contribution in [1.29, 1.82) is 5.26 Å². The zero-order valence-electron chi connectivity index (χ0n) is 12.8. The maximum absolute atomic E-state index is 11.7. The largest absolute Gasteiger partial charge is 0.506 e. The number of pyridine rings is 1. The van der Waals surface area contributed by atoms with Crippen molar-refractivity contribution < 1.29 is 5.11 Å². The highest BCUT2D eigenvalue weighted by Gasteiger charge is 2.17. The summed E-state index contributed by atoms with van der Waals surface area (Å²) in [5.41, 5.74) is 1.70. The zero-order chi connectivity index (χ0) is 17.1. The number of benzene rings is 1. The first-order valence-corrected chi connectivity index (χ1v) is 8.04. The third-order valence-corrected chi connectivity index (χ3v) is 4.42. The van der Waals surface area contributed by atoms with Crippen LogP contribution in [0.1, 0.15) is 11.1 Å². The number of aromatic nitrogens is 1. The Morgan fingerprint density at radius 3 is 2.75 bits per heavy atom. The highest BCUT2D eigenvalue weighted by molar-refractivity contribution is 7.17. The van der Waals surface area contributed by atoms with Gasteiger partial charge in [0, 0.05) is 16.5 Å². The Kier molecular flexibility index (Phi) is 4.35. The molecule has 24 heavy (non-hydrogen) atoms. The summed E-state index contributed by atoms with van der Waals surface area (Å²) in [6.45, 7) is 0.620. The zero-order valence-corrected chi connectivity index (χ0v) is 13.6. The maximum Gasteiger partial charge on any atom is 0.270 e. The predicted octanol–water partition coefficient (Wildman–Crippen LogP) is 2.40. The van der Waals surface area contributed by atoms with Crippen LogP contribution in [0.15, 0.2) is 34.4 Å². The lowest BCUT2D eigenvalue weighted by Gasteiger charge is -2.03. The molecule has 0 saturated heterocycles. The lowest BCUT2D eigenvalue weighted by molar-refractivity contribution is 0.479. The summed E-state index contributed by atoms with van der Waals surface area (Å²) in [5.74, 6) is 5.76. The molecule has 0 aliphatic rings. The number of aromatic hydroxyl groups is 1. The summed E-state index contributed by atoms with van der Waals surface area (Å²) in [6, 6.07) is 9.35. The highest BCUT2D eigenvalue weighted by atomic mass is 32.1. The number of nitriles is 1. The Bertz CT molecular complexity index is 1060. The Hall–Kier alpha value is -3.06. The number of thiophene rings is 1. The van der Waals surface area contributed by atoms with Crippen molar-refractivity contribution in [2.24, 2.45) is 0 Å². The van der Waals surface area contributed by atoms with Gasteiger partial charge >= 0.3 is 0 Å². The Morgan fingerprint density at radius 2 is 2.08 bits per heavy atom. The van der Waals surface area contributed by atoms with Gasteiger partial charge in [0.1, 0.15) is 16.6 Å². The molecule has 3 N–H and O–H groups in total. The molecule has 0 spiro atoms. The second kappa shape index (κ2) is 6.59. The van der Waals surface area contributed by atoms with Crippen molar-refractivity contribution in [3.8, 4) is 34.8 Å². The van der Waals surface area contributed by atoms with E-state index >= 15 is 0 Å². The average Bonchev–Trinajstić information content (AvgIpc) is 3.00. The fourth-order valence-corrected chi connectivity index (χ4v) is 3.33. The van der Waals surface area contributed by atoms with Gasteiger partial charge in [0.25, 0.3) is 5.56 Å². The van der Waals surface area contributed by atoms with E-state index in [1.54, 1.807) is 6.07 Å². The molecule has 0 saturated carbocycles. The minimum Gasteiger partial charge on any atom is -0.506 e. The molecule has 0 unspecified atom stereocenters. The molecule has 3 aromatic rings. The molecule has 2 heterocycles. The normalized spacial score (nSPS) is 10.2. The maximum atomic E-state index is 11.7. The first-order chi connectivity index (χ1) is 11.7. The van der Waals surface area contributed by atoms with Crippen molar-refractivity contribution >= 4 is 21.6 Å². The topological polar surface area (TPSA) is 88.9 Å². The van der Waals surface area contributed by atoms with Gasteiger partial charge in [0.2, 0.25) is 0 Å². The van der Waals surface area contributed by atoms with E-state index in [0.29, 0.717) is 16.8 Å². The molecule has 0 radical (unpaired) electrons.